The summed E-state index contributed by atoms with van der Waals surface area (Å²) in [7, 11) is -4.39. The maximum Gasteiger partial charge on any atom is 0.472 e. The van der Waals surface area contributed by atoms with Crippen LogP contribution in [0.2, 0.25) is 0 Å². The number of nitrogens with one attached hydrogen (secondary N) is 1. The van der Waals surface area contributed by atoms with Crippen LogP contribution >= 0.6 is 7.82 Å². The van der Waals surface area contributed by atoms with Crippen LogP contribution in [0.15, 0.2) is 24.3 Å². The van der Waals surface area contributed by atoms with Crippen molar-refractivity contribution in [1.29, 1.82) is 0 Å². The molecule has 0 radical (unpaired) electrons. The van der Waals surface area contributed by atoms with E-state index in [-0.39, 0.29) is 32.1 Å². The molecule has 0 aliphatic heterocycles. The van der Waals surface area contributed by atoms with Crippen molar-refractivity contribution in [3.63, 3.8) is 0 Å². The molecule has 10 heteroatoms. The molecule has 0 aromatic heterocycles. The lowest BCUT2D eigenvalue weighted by atomic mass is 10.1. The highest BCUT2D eigenvalue weighted by Crippen LogP contribution is 2.42. The summed E-state index contributed by atoms with van der Waals surface area (Å²) in [6.07, 6.45) is 26.0. The van der Waals surface area contributed by atoms with Crippen LogP contribution in [-0.2, 0) is 27.9 Å². The highest BCUT2D eigenvalue weighted by molar-refractivity contribution is 7.47. The first-order valence-corrected chi connectivity index (χ1v) is 17.3. The molecule has 0 aliphatic rings. The summed E-state index contributed by atoms with van der Waals surface area (Å²) in [4.78, 5) is 33.2. The van der Waals surface area contributed by atoms with Crippen molar-refractivity contribution in [2.45, 2.75) is 136 Å². The van der Waals surface area contributed by atoms with Crippen LogP contribution in [0.5, 0.6) is 0 Å². The summed E-state index contributed by atoms with van der Waals surface area (Å²) in [5.74, 6) is -0.551. The van der Waals surface area contributed by atoms with Crippen LogP contribution in [0.4, 0.5) is 0 Å². The fourth-order valence-electron chi connectivity index (χ4n) is 3.94. The van der Waals surface area contributed by atoms with Gasteiger partial charge < -0.3 is 20.1 Å². The standard InChI is InChI=1S/C31H58NO8P/c1-3-5-7-9-10-11-12-13-14-15-16-17-18-19-20-21-23-30(34)32-25-26-39-41(36,37)40-28-29(33)27-38-31(35)24-22-8-6-4-2/h11-12,14-15,29,33H,3-10,13,16-28H2,1-2H3,(H,32,34)(H,36,37)/b12-11-,15-14-. The Morgan fingerprint density at radius 1 is 0.756 bits per heavy atom. The molecule has 0 saturated carbocycles. The molecule has 2 unspecified atom stereocenters. The maximum atomic E-state index is 11.9. The molecule has 0 aromatic carbocycles. The molecule has 3 N–H and O–H groups in total. The zero-order valence-electron chi connectivity index (χ0n) is 25.7. The number of phosphoric acid groups is 1. The van der Waals surface area contributed by atoms with E-state index in [0.717, 1.165) is 70.6 Å². The second kappa shape index (κ2) is 28.6. The second-order valence-electron chi connectivity index (χ2n) is 10.4. The predicted molar refractivity (Wildman–Crippen MR) is 164 cm³/mol. The highest BCUT2D eigenvalue weighted by atomic mass is 31.2. The zero-order valence-corrected chi connectivity index (χ0v) is 26.6. The Labute approximate surface area is 249 Å². The van der Waals surface area contributed by atoms with E-state index in [1.807, 2.05) is 0 Å². The van der Waals surface area contributed by atoms with Crippen molar-refractivity contribution in [1.82, 2.24) is 5.32 Å². The zero-order chi connectivity index (χ0) is 30.4. The smallest absolute Gasteiger partial charge is 0.463 e. The van der Waals surface area contributed by atoms with E-state index >= 15 is 0 Å². The molecule has 2 atom stereocenters. The first kappa shape index (κ1) is 39.5. The number of phosphoric ester groups is 1. The van der Waals surface area contributed by atoms with Gasteiger partial charge in [-0.1, -0.05) is 95.9 Å². The van der Waals surface area contributed by atoms with E-state index < -0.39 is 26.5 Å². The minimum atomic E-state index is -4.39. The molecule has 0 rings (SSSR count). The van der Waals surface area contributed by atoms with Gasteiger partial charge in [-0.05, 0) is 44.9 Å². The van der Waals surface area contributed by atoms with Crippen molar-refractivity contribution in [3.8, 4) is 0 Å². The summed E-state index contributed by atoms with van der Waals surface area (Å²) in [5, 5.41) is 12.5. The van der Waals surface area contributed by atoms with Gasteiger partial charge in [-0.3, -0.25) is 18.6 Å². The van der Waals surface area contributed by atoms with Gasteiger partial charge in [-0.25, -0.2) is 4.57 Å². The number of carbonyl (C=O) groups excluding carboxylic acids is 2. The number of aliphatic hydroxyl groups excluding tert-OH is 1. The molecule has 0 heterocycles. The van der Waals surface area contributed by atoms with Crippen molar-refractivity contribution < 1.29 is 37.9 Å². The number of allylic oxidation sites excluding steroid dienone is 4. The van der Waals surface area contributed by atoms with E-state index in [4.69, 9.17) is 13.8 Å². The monoisotopic (exact) mass is 603 g/mol. The minimum absolute atomic E-state index is 0.0747. The number of rotatable bonds is 29. The molecule has 41 heavy (non-hydrogen) atoms. The molecule has 0 fully saturated rings. The van der Waals surface area contributed by atoms with Crippen LogP contribution in [0, 0.1) is 0 Å². The molecule has 1 amide bonds. The predicted octanol–water partition coefficient (Wildman–Crippen LogP) is 7.31. The van der Waals surface area contributed by atoms with Gasteiger partial charge in [0.2, 0.25) is 5.91 Å². The van der Waals surface area contributed by atoms with E-state index in [2.05, 4.69) is 43.5 Å². The number of amides is 1. The normalized spacial score (nSPS) is 14.0. The second-order valence-corrected chi connectivity index (χ2v) is 11.9. The summed E-state index contributed by atoms with van der Waals surface area (Å²) in [5.41, 5.74) is 0. The first-order valence-electron chi connectivity index (χ1n) is 15.8. The third-order valence-corrected chi connectivity index (χ3v) is 7.37. The maximum absolute atomic E-state index is 11.9. The molecule has 240 valence electrons. The van der Waals surface area contributed by atoms with Crippen molar-refractivity contribution in [2.24, 2.45) is 0 Å². The van der Waals surface area contributed by atoms with Crippen LogP contribution < -0.4 is 5.32 Å². The van der Waals surface area contributed by atoms with Crippen LogP contribution in [0.1, 0.15) is 129 Å². The van der Waals surface area contributed by atoms with Gasteiger partial charge in [0.1, 0.15) is 12.7 Å². The van der Waals surface area contributed by atoms with Crippen molar-refractivity contribution in [3.05, 3.63) is 24.3 Å². The Morgan fingerprint density at radius 2 is 1.32 bits per heavy atom. The van der Waals surface area contributed by atoms with E-state index in [1.54, 1.807) is 0 Å². The van der Waals surface area contributed by atoms with Gasteiger partial charge in [0.05, 0.1) is 13.2 Å². The molecule has 0 saturated heterocycles. The molecule has 0 spiro atoms. The van der Waals surface area contributed by atoms with Crippen LogP contribution in [0.25, 0.3) is 0 Å². The molecule has 0 aromatic rings. The number of esters is 1. The summed E-state index contributed by atoms with van der Waals surface area (Å²) < 4.78 is 26.4. The highest BCUT2D eigenvalue weighted by Gasteiger charge is 2.23. The quantitative estimate of drug-likeness (QED) is 0.0351. The van der Waals surface area contributed by atoms with Gasteiger partial charge in [-0.2, -0.15) is 0 Å². The third-order valence-electron chi connectivity index (χ3n) is 6.38. The fraction of sp³-hybridized carbons (Fsp3) is 0.806. The summed E-state index contributed by atoms with van der Waals surface area (Å²) in [6.45, 7) is 3.34. The Bertz CT molecular complexity index is 744. The van der Waals surface area contributed by atoms with Gasteiger partial charge >= 0.3 is 13.8 Å². The number of hydrogen-bond donors (Lipinski definition) is 3. The Hall–Kier alpha value is -1.51. The van der Waals surface area contributed by atoms with Gasteiger partial charge in [-0.15, -0.1) is 0 Å². The average Bonchev–Trinajstić information content (AvgIpc) is 2.95. The fourth-order valence-corrected chi connectivity index (χ4v) is 4.69. The number of carbonyl (C=O) groups is 2. The average molecular weight is 604 g/mol. The number of unbranched alkanes of at least 4 members (excludes halogenated alkanes) is 12. The molecule has 9 nitrogen and oxygen atoms in total. The topological polar surface area (TPSA) is 131 Å². The van der Waals surface area contributed by atoms with E-state index in [1.165, 1.54) is 32.1 Å². The Kier molecular flexibility index (Phi) is 27.5. The van der Waals surface area contributed by atoms with Crippen molar-refractivity contribution >= 4 is 19.7 Å². The lowest BCUT2D eigenvalue weighted by molar-refractivity contribution is -0.147. The molecule has 0 aliphatic carbocycles. The molecule has 0 bridgehead atoms. The molecular formula is C31H58NO8P. The van der Waals surface area contributed by atoms with Gasteiger partial charge in [0.25, 0.3) is 0 Å². The van der Waals surface area contributed by atoms with Crippen molar-refractivity contribution in [2.75, 3.05) is 26.4 Å². The third kappa shape index (κ3) is 29.8. The van der Waals surface area contributed by atoms with Gasteiger partial charge in [0, 0.05) is 19.4 Å². The first-order chi connectivity index (χ1) is 19.8. The lowest BCUT2D eigenvalue weighted by Gasteiger charge is -2.15. The Morgan fingerprint density at radius 3 is 1.98 bits per heavy atom. The Balaban J connectivity index is 3.64. The largest absolute Gasteiger partial charge is 0.472 e. The summed E-state index contributed by atoms with van der Waals surface area (Å²) >= 11 is 0. The number of ether oxygens (including phenoxy) is 1. The summed E-state index contributed by atoms with van der Waals surface area (Å²) in [6, 6.07) is 0. The van der Waals surface area contributed by atoms with Gasteiger partial charge in [0.15, 0.2) is 0 Å². The molecular weight excluding hydrogens is 545 g/mol. The SMILES string of the molecule is CCCCCC/C=C\C/C=C\CCCCCCCC(=O)NCCOP(=O)(O)OCC(O)COC(=O)CCCCCC. The van der Waals surface area contributed by atoms with E-state index in [9.17, 15) is 24.2 Å². The minimum Gasteiger partial charge on any atom is -0.463 e. The van der Waals surface area contributed by atoms with Crippen LogP contribution in [-0.4, -0.2) is 54.3 Å². The van der Waals surface area contributed by atoms with E-state index in [0.29, 0.717) is 6.42 Å². The number of hydrogen-bond acceptors (Lipinski definition) is 7. The lowest BCUT2D eigenvalue weighted by Crippen LogP contribution is -2.27. The van der Waals surface area contributed by atoms with Crippen LogP contribution in [0.3, 0.4) is 0 Å². The number of aliphatic hydroxyl groups is 1.